The highest BCUT2D eigenvalue weighted by Crippen LogP contribution is 2.45. The summed E-state index contributed by atoms with van der Waals surface area (Å²) in [5.41, 5.74) is -0.757. The maximum Gasteiger partial charge on any atom is 0.416 e. The summed E-state index contributed by atoms with van der Waals surface area (Å²) in [6.45, 7) is 3.96. The van der Waals surface area contributed by atoms with Crippen LogP contribution in [0.25, 0.3) is 0 Å². The van der Waals surface area contributed by atoms with Crippen LogP contribution in [0, 0.1) is 11.8 Å². The number of aliphatic carboxylic acids is 1. The number of benzene rings is 1. The van der Waals surface area contributed by atoms with Gasteiger partial charge < -0.3 is 5.11 Å². The second kappa shape index (κ2) is 10.9. The molecule has 3 atom stereocenters. The van der Waals surface area contributed by atoms with Crippen molar-refractivity contribution in [1.82, 2.24) is 4.90 Å². The minimum Gasteiger partial charge on any atom is -0.481 e. The first-order valence-corrected chi connectivity index (χ1v) is 11.0. The van der Waals surface area contributed by atoms with Crippen molar-refractivity contribution in [3.8, 4) is 0 Å². The third kappa shape index (κ3) is 7.98. The number of carboxylic acids is 1. The molecule has 0 saturated heterocycles. The molecule has 1 unspecified atom stereocenters. The summed E-state index contributed by atoms with van der Waals surface area (Å²) >= 11 is 0. The molecule has 0 amide bonds. The van der Waals surface area contributed by atoms with Crippen LogP contribution in [0.4, 0.5) is 26.3 Å². The fraction of sp³-hybridized carbons (Fsp3) is 0.696. The van der Waals surface area contributed by atoms with E-state index in [1.807, 2.05) is 13.8 Å². The van der Waals surface area contributed by atoms with E-state index in [0.717, 1.165) is 6.07 Å². The summed E-state index contributed by atoms with van der Waals surface area (Å²) in [5.74, 6) is -1.80. The van der Waals surface area contributed by atoms with Gasteiger partial charge in [-0.05, 0) is 55.7 Å². The number of rotatable bonds is 9. The third-order valence-corrected chi connectivity index (χ3v) is 6.20. The van der Waals surface area contributed by atoms with Gasteiger partial charge in [0.05, 0.1) is 12.0 Å². The summed E-state index contributed by atoms with van der Waals surface area (Å²) in [6, 6.07) is 4.65. The van der Waals surface area contributed by atoms with Crippen LogP contribution in [-0.2, 0) is 11.0 Å². The fourth-order valence-corrected chi connectivity index (χ4v) is 4.66. The van der Waals surface area contributed by atoms with Gasteiger partial charge in [-0.1, -0.05) is 32.0 Å². The molecule has 3 nitrogen and oxygen atoms in total. The predicted molar refractivity (Wildman–Crippen MR) is 109 cm³/mol. The number of alkyl halides is 6. The van der Waals surface area contributed by atoms with Gasteiger partial charge in [0.25, 0.3) is 0 Å². The van der Waals surface area contributed by atoms with Crippen LogP contribution in [0.1, 0.15) is 69.4 Å². The fourth-order valence-electron chi connectivity index (χ4n) is 4.66. The van der Waals surface area contributed by atoms with Gasteiger partial charge in [-0.15, -0.1) is 0 Å². The van der Waals surface area contributed by atoms with Crippen molar-refractivity contribution in [2.75, 3.05) is 13.1 Å². The molecule has 0 heterocycles. The molecular formula is C23H31F6NO2. The molecule has 0 radical (unpaired) electrons. The minimum absolute atomic E-state index is 0.0432. The Bertz CT molecular complexity index is 747. The molecule has 0 aliphatic heterocycles. The van der Waals surface area contributed by atoms with Crippen LogP contribution in [0.15, 0.2) is 24.3 Å². The summed E-state index contributed by atoms with van der Waals surface area (Å²) in [7, 11) is 0. The highest BCUT2D eigenvalue weighted by atomic mass is 19.4. The zero-order chi connectivity index (χ0) is 24.1. The van der Waals surface area contributed by atoms with E-state index in [2.05, 4.69) is 0 Å². The molecule has 1 aliphatic rings. The molecule has 2 rings (SSSR count). The average Bonchev–Trinajstić information content (AvgIpc) is 2.66. The molecular weight excluding hydrogens is 436 g/mol. The monoisotopic (exact) mass is 467 g/mol. The Morgan fingerprint density at radius 3 is 2.31 bits per heavy atom. The quantitative estimate of drug-likeness (QED) is 0.409. The SMILES string of the molecule is CC(C)CCN(CCC(F)(F)F)[C@@H]1CCC(CC(=O)O)C[C@H]1c1ccccc1C(F)(F)F. The van der Waals surface area contributed by atoms with Gasteiger partial charge >= 0.3 is 18.3 Å². The molecule has 1 saturated carbocycles. The van der Waals surface area contributed by atoms with Crippen LogP contribution >= 0.6 is 0 Å². The molecule has 0 aromatic heterocycles. The van der Waals surface area contributed by atoms with E-state index in [0.29, 0.717) is 25.8 Å². The molecule has 1 aliphatic carbocycles. The van der Waals surface area contributed by atoms with Crippen molar-refractivity contribution in [2.24, 2.45) is 11.8 Å². The van der Waals surface area contributed by atoms with Crippen LogP contribution in [0.3, 0.4) is 0 Å². The number of hydrogen-bond donors (Lipinski definition) is 1. The molecule has 9 heteroatoms. The topological polar surface area (TPSA) is 40.5 Å². The van der Waals surface area contributed by atoms with E-state index < -0.39 is 42.3 Å². The zero-order valence-electron chi connectivity index (χ0n) is 18.3. The van der Waals surface area contributed by atoms with Gasteiger partial charge in [0, 0.05) is 24.9 Å². The molecule has 0 bridgehead atoms. The van der Waals surface area contributed by atoms with Gasteiger partial charge in [0.2, 0.25) is 0 Å². The lowest BCUT2D eigenvalue weighted by Crippen LogP contribution is -2.45. The highest BCUT2D eigenvalue weighted by molar-refractivity contribution is 5.67. The van der Waals surface area contributed by atoms with Gasteiger partial charge in [0.1, 0.15) is 0 Å². The van der Waals surface area contributed by atoms with Gasteiger partial charge in [-0.25, -0.2) is 0 Å². The Morgan fingerprint density at radius 2 is 1.75 bits per heavy atom. The summed E-state index contributed by atoms with van der Waals surface area (Å²) in [5, 5.41) is 9.19. The maximum absolute atomic E-state index is 13.7. The van der Waals surface area contributed by atoms with Gasteiger partial charge in [-0.3, -0.25) is 9.69 Å². The number of hydrogen-bond acceptors (Lipinski definition) is 2. The first kappa shape index (κ1) is 26.5. The second-order valence-electron chi connectivity index (χ2n) is 9.12. The van der Waals surface area contributed by atoms with Crippen molar-refractivity contribution in [1.29, 1.82) is 0 Å². The van der Waals surface area contributed by atoms with Crippen molar-refractivity contribution >= 4 is 5.97 Å². The largest absolute Gasteiger partial charge is 0.481 e. The molecule has 182 valence electrons. The first-order valence-electron chi connectivity index (χ1n) is 11.0. The molecule has 0 spiro atoms. The lowest BCUT2D eigenvalue weighted by Gasteiger charge is -2.44. The summed E-state index contributed by atoms with van der Waals surface area (Å²) in [6.07, 6.45) is -8.50. The number of carboxylic acid groups (broad SMARTS) is 1. The lowest BCUT2D eigenvalue weighted by molar-refractivity contribution is -0.142. The Balaban J connectivity index is 2.43. The highest BCUT2D eigenvalue weighted by Gasteiger charge is 2.42. The normalized spacial score (nSPS) is 22.5. The maximum atomic E-state index is 13.7. The molecule has 1 aromatic carbocycles. The first-order chi connectivity index (χ1) is 14.8. The van der Waals surface area contributed by atoms with E-state index in [9.17, 15) is 36.2 Å². The van der Waals surface area contributed by atoms with Crippen LogP contribution in [0.2, 0.25) is 0 Å². The van der Waals surface area contributed by atoms with E-state index in [1.165, 1.54) is 18.2 Å². The smallest absolute Gasteiger partial charge is 0.416 e. The number of halogens is 6. The molecule has 1 fully saturated rings. The summed E-state index contributed by atoms with van der Waals surface area (Å²) in [4.78, 5) is 12.9. The Morgan fingerprint density at radius 1 is 1.09 bits per heavy atom. The van der Waals surface area contributed by atoms with Crippen LogP contribution in [0.5, 0.6) is 0 Å². The van der Waals surface area contributed by atoms with Crippen molar-refractivity contribution in [2.45, 2.75) is 76.7 Å². The van der Waals surface area contributed by atoms with Gasteiger partial charge in [0.15, 0.2) is 0 Å². The molecule has 32 heavy (non-hydrogen) atoms. The van der Waals surface area contributed by atoms with E-state index >= 15 is 0 Å². The Labute approximate surface area is 184 Å². The van der Waals surface area contributed by atoms with E-state index in [-0.39, 0.29) is 36.8 Å². The third-order valence-electron chi connectivity index (χ3n) is 6.20. The van der Waals surface area contributed by atoms with Gasteiger partial charge in [-0.2, -0.15) is 26.3 Å². The lowest BCUT2D eigenvalue weighted by atomic mass is 9.72. The van der Waals surface area contributed by atoms with E-state index in [4.69, 9.17) is 0 Å². The number of nitrogens with zero attached hydrogens (tertiary/aromatic N) is 1. The zero-order valence-corrected chi connectivity index (χ0v) is 18.3. The predicted octanol–water partition coefficient (Wildman–Crippen LogP) is 6.73. The second-order valence-corrected chi connectivity index (χ2v) is 9.12. The standard InChI is InChI=1S/C23H31F6NO2/c1-15(2)9-11-30(12-10-22(24,25)26)20-8-7-16(14-21(31)32)13-18(20)17-5-3-4-6-19(17)23(27,28)29/h3-6,15-16,18,20H,7-14H2,1-2H3,(H,31,32)/t16?,18-,20+/m0/s1. The van der Waals surface area contributed by atoms with Crippen LogP contribution in [-0.4, -0.2) is 41.3 Å². The minimum atomic E-state index is -4.60. The molecule has 1 aromatic rings. The van der Waals surface area contributed by atoms with Crippen molar-refractivity contribution in [3.05, 3.63) is 35.4 Å². The average molecular weight is 467 g/mol. The number of carbonyl (C=O) groups is 1. The molecule has 1 N–H and O–H groups in total. The van der Waals surface area contributed by atoms with Crippen LogP contribution < -0.4 is 0 Å². The Hall–Kier alpha value is -1.77. The summed E-state index contributed by atoms with van der Waals surface area (Å²) < 4.78 is 80.2. The Kier molecular flexibility index (Phi) is 9.02. The van der Waals surface area contributed by atoms with Crippen molar-refractivity contribution < 1.29 is 36.2 Å². The van der Waals surface area contributed by atoms with E-state index in [1.54, 1.807) is 4.90 Å². The van der Waals surface area contributed by atoms with Crippen molar-refractivity contribution in [3.63, 3.8) is 0 Å².